The zero-order valence-electron chi connectivity index (χ0n) is 7.28. The number of aromatic nitrogens is 3. The molecule has 1 heterocycles. The lowest BCUT2D eigenvalue weighted by Crippen LogP contribution is -2.05. The molecule has 0 aliphatic carbocycles. The minimum atomic E-state index is -4.39. The molecule has 0 aliphatic heterocycles. The molecule has 0 unspecified atom stereocenters. The third-order valence-corrected chi connectivity index (χ3v) is 1.80. The maximum Gasteiger partial charge on any atom is 0.416 e. The summed E-state index contributed by atoms with van der Waals surface area (Å²) in [6.07, 6.45) is -4.39. The van der Waals surface area contributed by atoms with Gasteiger partial charge in [-0.25, -0.2) is 4.98 Å². The largest absolute Gasteiger partial charge is 0.416 e. The molecular weight excluding hydrogens is 209 g/mol. The Bertz CT molecular complexity index is 509. The molecule has 0 bridgehead atoms. The number of anilines is 1. The summed E-state index contributed by atoms with van der Waals surface area (Å²) in [5.74, 6) is -0.151. The summed E-state index contributed by atoms with van der Waals surface area (Å²) in [4.78, 5) is 3.65. The first-order chi connectivity index (χ1) is 6.97. The third kappa shape index (κ3) is 1.80. The molecule has 15 heavy (non-hydrogen) atoms. The molecule has 1 aromatic carbocycles. The van der Waals surface area contributed by atoms with E-state index in [2.05, 4.69) is 15.2 Å². The van der Waals surface area contributed by atoms with E-state index < -0.39 is 11.7 Å². The number of nitrogens with zero attached hydrogens (tertiary/aromatic N) is 3. The van der Waals surface area contributed by atoms with Crippen LogP contribution in [0.4, 0.5) is 19.1 Å². The summed E-state index contributed by atoms with van der Waals surface area (Å²) in [5.41, 5.74) is 4.79. The Morgan fingerprint density at radius 2 is 1.80 bits per heavy atom. The number of hydrogen-bond donors (Lipinski definition) is 1. The second kappa shape index (κ2) is 3.04. The van der Waals surface area contributed by atoms with Gasteiger partial charge in [0.05, 0.1) is 11.1 Å². The Balaban J connectivity index is 2.64. The summed E-state index contributed by atoms with van der Waals surface area (Å²) >= 11 is 0. The molecule has 0 radical (unpaired) electrons. The van der Waals surface area contributed by atoms with Gasteiger partial charge in [0.25, 0.3) is 0 Å². The molecule has 0 atom stereocenters. The first-order valence-corrected chi connectivity index (χ1v) is 3.94. The Morgan fingerprint density at radius 3 is 2.47 bits per heavy atom. The van der Waals surface area contributed by atoms with Crippen LogP contribution in [0.2, 0.25) is 0 Å². The van der Waals surface area contributed by atoms with E-state index in [-0.39, 0.29) is 17.0 Å². The first kappa shape index (κ1) is 9.63. The van der Waals surface area contributed by atoms with E-state index in [9.17, 15) is 13.2 Å². The Labute approximate surface area is 81.9 Å². The van der Waals surface area contributed by atoms with Crippen LogP contribution in [0.1, 0.15) is 5.56 Å². The van der Waals surface area contributed by atoms with Gasteiger partial charge in [0.15, 0.2) is 0 Å². The number of nitrogen functional groups attached to an aromatic ring is 1. The topological polar surface area (TPSA) is 64.7 Å². The monoisotopic (exact) mass is 214 g/mol. The predicted octanol–water partition coefficient (Wildman–Crippen LogP) is 1.63. The van der Waals surface area contributed by atoms with Crippen LogP contribution in [-0.4, -0.2) is 15.2 Å². The van der Waals surface area contributed by atoms with Gasteiger partial charge in [0.2, 0.25) is 5.95 Å². The van der Waals surface area contributed by atoms with E-state index in [0.717, 1.165) is 12.1 Å². The fraction of sp³-hybridized carbons (Fsp3) is 0.125. The molecule has 0 saturated carbocycles. The van der Waals surface area contributed by atoms with Crippen molar-refractivity contribution in [2.24, 2.45) is 0 Å². The standard InChI is InChI=1S/C8H5F3N4/c9-8(10,11)4-1-2-5-6(3-4)13-7(12)15-14-5/h1-3H,(H2,12,13,15). The predicted molar refractivity (Wildman–Crippen MR) is 46.7 cm³/mol. The number of halogens is 3. The van der Waals surface area contributed by atoms with E-state index in [1.807, 2.05) is 0 Å². The second-order valence-electron chi connectivity index (χ2n) is 2.87. The van der Waals surface area contributed by atoms with Crippen LogP contribution in [0.3, 0.4) is 0 Å². The molecule has 0 saturated heterocycles. The Morgan fingerprint density at radius 1 is 1.07 bits per heavy atom. The van der Waals surface area contributed by atoms with Crippen molar-refractivity contribution in [1.29, 1.82) is 0 Å². The maximum absolute atomic E-state index is 12.3. The van der Waals surface area contributed by atoms with Gasteiger partial charge in [0.1, 0.15) is 5.52 Å². The molecule has 0 fully saturated rings. The highest BCUT2D eigenvalue weighted by Gasteiger charge is 2.30. The molecule has 0 aliphatic rings. The van der Waals surface area contributed by atoms with Crippen molar-refractivity contribution in [1.82, 2.24) is 15.2 Å². The van der Waals surface area contributed by atoms with Gasteiger partial charge in [-0.3, -0.25) is 0 Å². The van der Waals surface area contributed by atoms with E-state index in [1.165, 1.54) is 6.07 Å². The van der Waals surface area contributed by atoms with Gasteiger partial charge < -0.3 is 5.73 Å². The van der Waals surface area contributed by atoms with E-state index in [1.54, 1.807) is 0 Å². The quantitative estimate of drug-likeness (QED) is 0.723. The van der Waals surface area contributed by atoms with Crippen LogP contribution >= 0.6 is 0 Å². The molecule has 1 aromatic heterocycles. The number of hydrogen-bond acceptors (Lipinski definition) is 4. The van der Waals surface area contributed by atoms with Gasteiger partial charge in [-0.1, -0.05) is 0 Å². The van der Waals surface area contributed by atoms with Gasteiger partial charge in [-0.05, 0) is 18.2 Å². The lowest BCUT2D eigenvalue weighted by molar-refractivity contribution is -0.137. The summed E-state index contributed by atoms with van der Waals surface area (Å²) in [6, 6.07) is 3.02. The van der Waals surface area contributed by atoms with Crippen LogP contribution in [0.5, 0.6) is 0 Å². The first-order valence-electron chi connectivity index (χ1n) is 3.94. The molecular formula is C8H5F3N4. The molecule has 7 heteroatoms. The van der Waals surface area contributed by atoms with Crippen molar-refractivity contribution in [3.05, 3.63) is 23.8 Å². The Kier molecular flexibility index (Phi) is 1.95. The van der Waals surface area contributed by atoms with Crippen LogP contribution in [0.15, 0.2) is 18.2 Å². The second-order valence-corrected chi connectivity index (χ2v) is 2.87. The van der Waals surface area contributed by atoms with Gasteiger partial charge >= 0.3 is 6.18 Å². The van der Waals surface area contributed by atoms with Crippen molar-refractivity contribution in [2.75, 3.05) is 5.73 Å². The normalized spacial score (nSPS) is 11.9. The van der Waals surface area contributed by atoms with Gasteiger partial charge in [0, 0.05) is 0 Å². The zero-order valence-corrected chi connectivity index (χ0v) is 7.28. The summed E-state index contributed by atoms with van der Waals surface area (Å²) in [6.45, 7) is 0. The number of benzene rings is 1. The molecule has 0 spiro atoms. The number of fused-ring (bicyclic) bond motifs is 1. The molecule has 0 amide bonds. The maximum atomic E-state index is 12.3. The molecule has 4 nitrogen and oxygen atoms in total. The van der Waals surface area contributed by atoms with Crippen LogP contribution < -0.4 is 5.73 Å². The van der Waals surface area contributed by atoms with Gasteiger partial charge in [-0.15, -0.1) is 10.2 Å². The fourth-order valence-corrected chi connectivity index (χ4v) is 1.12. The fourth-order valence-electron chi connectivity index (χ4n) is 1.12. The molecule has 2 rings (SSSR count). The van der Waals surface area contributed by atoms with Crippen molar-refractivity contribution in [2.45, 2.75) is 6.18 Å². The minimum Gasteiger partial charge on any atom is -0.366 e. The van der Waals surface area contributed by atoms with Crippen molar-refractivity contribution in [3.8, 4) is 0 Å². The summed E-state index contributed by atoms with van der Waals surface area (Å²) in [5, 5.41) is 7.03. The highest BCUT2D eigenvalue weighted by Crippen LogP contribution is 2.30. The highest BCUT2D eigenvalue weighted by molar-refractivity contribution is 5.75. The van der Waals surface area contributed by atoms with Gasteiger partial charge in [-0.2, -0.15) is 13.2 Å². The van der Waals surface area contributed by atoms with E-state index >= 15 is 0 Å². The lowest BCUT2D eigenvalue weighted by atomic mass is 10.2. The highest BCUT2D eigenvalue weighted by atomic mass is 19.4. The molecule has 2 N–H and O–H groups in total. The number of alkyl halides is 3. The van der Waals surface area contributed by atoms with Crippen LogP contribution in [-0.2, 0) is 6.18 Å². The summed E-state index contributed by atoms with van der Waals surface area (Å²) < 4.78 is 37.0. The zero-order chi connectivity index (χ0) is 11.1. The average molecular weight is 214 g/mol. The van der Waals surface area contributed by atoms with E-state index in [4.69, 9.17) is 5.73 Å². The minimum absolute atomic E-state index is 0.0809. The molecule has 2 aromatic rings. The van der Waals surface area contributed by atoms with Crippen molar-refractivity contribution >= 4 is 17.0 Å². The smallest absolute Gasteiger partial charge is 0.366 e. The third-order valence-electron chi connectivity index (χ3n) is 1.80. The van der Waals surface area contributed by atoms with Crippen LogP contribution in [0.25, 0.3) is 11.0 Å². The van der Waals surface area contributed by atoms with Crippen molar-refractivity contribution in [3.63, 3.8) is 0 Å². The van der Waals surface area contributed by atoms with Crippen molar-refractivity contribution < 1.29 is 13.2 Å². The number of nitrogens with two attached hydrogens (primary N) is 1. The Hall–Kier alpha value is -1.92. The lowest BCUT2D eigenvalue weighted by Gasteiger charge is -2.06. The number of rotatable bonds is 0. The van der Waals surface area contributed by atoms with E-state index in [0.29, 0.717) is 0 Å². The summed E-state index contributed by atoms with van der Waals surface area (Å²) in [7, 11) is 0. The average Bonchev–Trinajstić information content (AvgIpc) is 2.15. The van der Waals surface area contributed by atoms with Crippen LogP contribution in [0, 0.1) is 0 Å². The SMILES string of the molecule is Nc1nnc2ccc(C(F)(F)F)cc2n1. The molecule has 78 valence electrons.